The van der Waals surface area contributed by atoms with E-state index in [9.17, 15) is 14.7 Å². The first-order valence-electron chi connectivity index (χ1n) is 12.9. The van der Waals surface area contributed by atoms with Gasteiger partial charge >= 0.3 is 0 Å². The van der Waals surface area contributed by atoms with Gasteiger partial charge in [-0.2, -0.15) is 0 Å². The van der Waals surface area contributed by atoms with Gasteiger partial charge in [0, 0.05) is 55.7 Å². The van der Waals surface area contributed by atoms with Crippen LogP contribution in [0.25, 0.3) is 0 Å². The SMILES string of the molecule is Cn1ccnc1SC[C@H]1C[C@@H](c2ccc(CO)cc2)O[C@@H](c2cccc(NC(=O)CCCCC(=O)NO)c2)O1. The molecule has 1 saturated heterocycles. The van der Waals surface area contributed by atoms with Crippen LogP contribution in [0, 0.1) is 0 Å². The topological polar surface area (TPSA) is 135 Å². The molecule has 1 aliphatic heterocycles. The van der Waals surface area contributed by atoms with Crippen LogP contribution in [-0.2, 0) is 32.7 Å². The zero-order valence-corrected chi connectivity index (χ0v) is 22.6. The number of amides is 2. The van der Waals surface area contributed by atoms with Gasteiger partial charge in [-0.3, -0.25) is 14.8 Å². The van der Waals surface area contributed by atoms with Gasteiger partial charge in [0.25, 0.3) is 0 Å². The second-order valence-electron chi connectivity index (χ2n) is 9.40. The predicted octanol–water partition coefficient (Wildman–Crippen LogP) is 4.25. The number of unbranched alkanes of at least 4 members (excludes halogenated alkanes) is 1. The molecule has 2 amide bonds. The van der Waals surface area contributed by atoms with Crippen molar-refractivity contribution in [1.82, 2.24) is 15.0 Å². The fourth-order valence-corrected chi connectivity index (χ4v) is 5.24. The summed E-state index contributed by atoms with van der Waals surface area (Å²) in [6, 6.07) is 15.2. The first-order valence-corrected chi connectivity index (χ1v) is 13.9. The maximum absolute atomic E-state index is 12.4. The first-order chi connectivity index (χ1) is 18.9. The number of nitrogens with zero attached hydrogens (tertiary/aromatic N) is 2. The quantitative estimate of drug-likeness (QED) is 0.113. The maximum atomic E-state index is 12.4. The van der Waals surface area contributed by atoms with Crippen LogP contribution >= 0.6 is 11.8 Å². The number of nitrogens with one attached hydrogen (secondary N) is 2. The van der Waals surface area contributed by atoms with Crippen LogP contribution in [0.5, 0.6) is 0 Å². The summed E-state index contributed by atoms with van der Waals surface area (Å²) in [6.07, 6.45) is 4.85. The number of carbonyl (C=O) groups is 2. The number of hydrogen-bond donors (Lipinski definition) is 4. The maximum Gasteiger partial charge on any atom is 0.243 e. The zero-order chi connectivity index (χ0) is 27.6. The molecule has 4 rings (SSSR count). The van der Waals surface area contributed by atoms with Crippen molar-refractivity contribution in [1.29, 1.82) is 0 Å². The molecule has 3 aromatic rings. The van der Waals surface area contributed by atoms with Crippen molar-refractivity contribution >= 4 is 29.3 Å². The van der Waals surface area contributed by atoms with E-state index in [2.05, 4.69) is 10.3 Å². The smallest absolute Gasteiger partial charge is 0.243 e. The molecular formula is C28H34N4O6S. The summed E-state index contributed by atoms with van der Waals surface area (Å²) >= 11 is 1.63. The van der Waals surface area contributed by atoms with Crippen molar-refractivity contribution in [3.63, 3.8) is 0 Å². The molecule has 39 heavy (non-hydrogen) atoms. The standard InChI is InChI=1S/C28H34N4O6S/c1-32-14-13-29-28(32)39-18-23-16-24(20-11-9-19(17-33)10-12-20)38-27(37-23)21-5-4-6-22(15-21)30-25(34)7-2-3-8-26(35)31-36/h4-6,9-15,23-24,27,33,36H,2-3,7-8,16-18H2,1H3,(H,30,34)(H,31,35)/t23-,24+,27+/m1/s1. The van der Waals surface area contributed by atoms with Gasteiger partial charge in [0.1, 0.15) is 0 Å². The number of benzene rings is 2. The van der Waals surface area contributed by atoms with Gasteiger partial charge < -0.3 is 24.5 Å². The molecule has 10 nitrogen and oxygen atoms in total. The summed E-state index contributed by atoms with van der Waals surface area (Å²) in [6.45, 7) is -0.0169. The Kier molecular flexibility index (Phi) is 10.5. The lowest BCUT2D eigenvalue weighted by Gasteiger charge is -2.36. The van der Waals surface area contributed by atoms with Gasteiger partial charge in [-0.25, -0.2) is 10.5 Å². The molecule has 3 atom stereocenters. The van der Waals surface area contributed by atoms with E-state index in [1.54, 1.807) is 23.4 Å². The second-order valence-corrected chi connectivity index (χ2v) is 10.4. The minimum Gasteiger partial charge on any atom is -0.392 e. The van der Waals surface area contributed by atoms with Crippen molar-refractivity contribution in [2.24, 2.45) is 7.05 Å². The molecule has 208 valence electrons. The van der Waals surface area contributed by atoms with Crippen LogP contribution in [-0.4, -0.2) is 43.5 Å². The van der Waals surface area contributed by atoms with E-state index in [1.807, 2.05) is 66.3 Å². The Bertz CT molecular complexity index is 1230. The molecule has 0 radical (unpaired) electrons. The van der Waals surface area contributed by atoms with Crippen molar-refractivity contribution in [2.45, 2.75) is 62.4 Å². The molecule has 0 aliphatic carbocycles. The van der Waals surface area contributed by atoms with Crippen LogP contribution in [0.3, 0.4) is 0 Å². The minimum atomic E-state index is -0.637. The van der Waals surface area contributed by atoms with Gasteiger partial charge in [0.05, 0.1) is 18.8 Å². The Balaban J connectivity index is 1.43. The predicted molar refractivity (Wildman–Crippen MR) is 146 cm³/mol. The number of anilines is 1. The Hall–Kier alpha value is -3.22. The van der Waals surface area contributed by atoms with Gasteiger partial charge in [0.2, 0.25) is 11.8 Å². The highest BCUT2D eigenvalue weighted by Crippen LogP contribution is 2.39. The fourth-order valence-electron chi connectivity index (χ4n) is 4.29. The van der Waals surface area contributed by atoms with Gasteiger partial charge in [0.15, 0.2) is 11.4 Å². The van der Waals surface area contributed by atoms with E-state index >= 15 is 0 Å². The third-order valence-electron chi connectivity index (χ3n) is 6.42. The summed E-state index contributed by atoms with van der Waals surface area (Å²) in [5.41, 5.74) is 4.85. The lowest BCUT2D eigenvalue weighted by Crippen LogP contribution is -2.31. The lowest BCUT2D eigenvalue weighted by atomic mass is 10.0. The van der Waals surface area contributed by atoms with E-state index in [-0.39, 0.29) is 37.6 Å². The van der Waals surface area contributed by atoms with Crippen molar-refractivity contribution in [3.05, 3.63) is 77.6 Å². The van der Waals surface area contributed by atoms with Gasteiger partial charge in [-0.05, 0) is 36.1 Å². The first kappa shape index (κ1) is 28.8. The Labute approximate surface area is 231 Å². The number of hydroxylamine groups is 1. The molecule has 1 aliphatic rings. The number of hydrogen-bond acceptors (Lipinski definition) is 8. The van der Waals surface area contributed by atoms with E-state index in [4.69, 9.17) is 14.7 Å². The molecule has 0 bridgehead atoms. The van der Waals surface area contributed by atoms with Crippen LogP contribution in [0.15, 0.2) is 66.1 Å². The summed E-state index contributed by atoms with van der Waals surface area (Å²) in [7, 11) is 1.96. The minimum absolute atomic E-state index is 0.0169. The monoisotopic (exact) mass is 554 g/mol. The average Bonchev–Trinajstić information content (AvgIpc) is 3.38. The van der Waals surface area contributed by atoms with E-state index in [1.165, 1.54) is 0 Å². The van der Waals surface area contributed by atoms with Crippen molar-refractivity contribution < 1.29 is 29.4 Å². The lowest BCUT2D eigenvalue weighted by molar-refractivity contribution is -0.245. The molecule has 1 fully saturated rings. The molecular weight excluding hydrogens is 520 g/mol. The second kappa shape index (κ2) is 14.2. The summed E-state index contributed by atoms with van der Waals surface area (Å²) < 4.78 is 14.8. The third-order valence-corrected chi connectivity index (χ3v) is 7.61. The van der Waals surface area contributed by atoms with Crippen LogP contribution in [0.2, 0.25) is 0 Å². The molecule has 1 aromatic heterocycles. The fraction of sp³-hybridized carbons (Fsp3) is 0.393. The summed E-state index contributed by atoms with van der Waals surface area (Å²) in [4.78, 5) is 27.9. The molecule has 4 N–H and O–H groups in total. The summed E-state index contributed by atoms with van der Waals surface area (Å²) in [5.74, 6) is 0.0730. The number of imidazole rings is 1. The van der Waals surface area contributed by atoms with Crippen LogP contribution < -0.4 is 10.8 Å². The van der Waals surface area contributed by atoms with E-state index in [0.717, 1.165) is 21.8 Å². The average molecular weight is 555 g/mol. The van der Waals surface area contributed by atoms with Gasteiger partial charge in [-0.15, -0.1) is 0 Å². The molecule has 0 saturated carbocycles. The van der Waals surface area contributed by atoms with Crippen LogP contribution in [0.1, 0.15) is 61.2 Å². The Morgan fingerprint density at radius 2 is 1.85 bits per heavy atom. The summed E-state index contributed by atoms with van der Waals surface area (Å²) in [5, 5.41) is 21.8. The number of carbonyl (C=O) groups excluding carboxylic acids is 2. The van der Waals surface area contributed by atoms with Crippen LogP contribution in [0.4, 0.5) is 5.69 Å². The largest absolute Gasteiger partial charge is 0.392 e. The number of thioether (sulfide) groups is 1. The Morgan fingerprint density at radius 1 is 1.08 bits per heavy atom. The van der Waals surface area contributed by atoms with Gasteiger partial charge in [-0.1, -0.05) is 48.2 Å². The zero-order valence-electron chi connectivity index (χ0n) is 21.8. The number of aliphatic hydroxyl groups excluding tert-OH is 1. The number of aliphatic hydroxyl groups is 1. The molecule has 0 spiro atoms. The molecule has 0 unspecified atom stereocenters. The third kappa shape index (κ3) is 8.38. The molecule has 2 heterocycles. The van der Waals surface area contributed by atoms with Crippen molar-refractivity contribution in [3.8, 4) is 0 Å². The highest BCUT2D eigenvalue weighted by molar-refractivity contribution is 7.99. The highest BCUT2D eigenvalue weighted by Gasteiger charge is 2.32. The highest BCUT2D eigenvalue weighted by atomic mass is 32.2. The normalized spacial score (nSPS) is 19.0. The van der Waals surface area contributed by atoms with E-state index in [0.29, 0.717) is 30.7 Å². The van der Waals surface area contributed by atoms with Crippen molar-refractivity contribution in [2.75, 3.05) is 11.1 Å². The van der Waals surface area contributed by atoms with E-state index < -0.39 is 12.2 Å². The molecule has 11 heteroatoms. The number of ether oxygens (including phenoxy) is 2. The number of rotatable bonds is 12. The number of aryl methyl sites for hydroxylation is 1. The number of aromatic nitrogens is 2. The Morgan fingerprint density at radius 3 is 2.54 bits per heavy atom. The molecule has 2 aromatic carbocycles.